The Bertz CT molecular complexity index is 1280. The molecule has 0 aliphatic carbocycles. The van der Waals surface area contributed by atoms with Crippen LogP contribution in [0.3, 0.4) is 0 Å². The fourth-order valence-electron chi connectivity index (χ4n) is 3.04. The quantitative estimate of drug-likeness (QED) is 0.364. The van der Waals surface area contributed by atoms with E-state index in [-0.39, 0.29) is 6.61 Å². The van der Waals surface area contributed by atoms with E-state index in [2.05, 4.69) is 9.97 Å². The zero-order valence-electron chi connectivity index (χ0n) is 16.2. The summed E-state index contributed by atoms with van der Waals surface area (Å²) < 4.78 is 10.9. The lowest BCUT2D eigenvalue weighted by Gasteiger charge is -2.09. The number of aryl methyl sites for hydroxylation is 3. The van der Waals surface area contributed by atoms with Crippen LogP contribution in [0.2, 0.25) is 0 Å². The highest BCUT2D eigenvalue weighted by Gasteiger charge is 2.19. The van der Waals surface area contributed by atoms with Gasteiger partial charge in [-0.1, -0.05) is 18.2 Å². The summed E-state index contributed by atoms with van der Waals surface area (Å²) in [6.07, 6.45) is 1.68. The summed E-state index contributed by atoms with van der Waals surface area (Å²) >= 11 is 1.24. The predicted molar refractivity (Wildman–Crippen MR) is 111 cm³/mol. The van der Waals surface area contributed by atoms with Crippen LogP contribution in [0.4, 0.5) is 0 Å². The molecule has 146 valence electrons. The number of carbonyl (C=O) groups excluding carboxylic acids is 1. The Morgan fingerprint density at radius 3 is 2.76 bits per heavy atom. The highest BCUT2D eigenvalue weighted by molar-refractivity contribution is 7.17. The SMILES string of the molecule is Cc1ccc2c(COC(=O)c3sc(-c4ccccn4)nc3C)cc(=O)oc2c1C. The summed E-state index contributed by atoms with van der Waals surface area (Å²) in [6, 6.07) is 10.7. The molecule has 3 aromatic heterocycles. The molecule has 29 heavy (non-hydrogen) atoms. The topological polar surface area (TPSA) is 82.3 Å². The number of esters is 1. The number of ether oxygens (including phenoxy) is 1. The first-order chi connectivity index (χ1) is 13.9. The first kappa shape index (κ1) is 19.0. The molecular formula is C22H18N2O4S. The smallest absolute Gasteiger partial charge is 0.350 e. The van der Waals surface area contributed by atoms with Gasteiger partial charge in [0.05, 0.1) is 11.4 Å². The second-order valence-corrected chi connectivity index (χ2v) is 7.70. The molecule has 0 saturated carbocycles. The molecule has 0 N–H and O–H groups in total. The summed E-state index contributed by atoms with van der Waals surface area (Å²) in [7, 11) is 0. The molecule has 0 radical (unpaired) electrons. The maximum atomic E-state index is 12.7. The molecule has 7 heteroatoms. The third kappa shape index (κ3) is 3.69. The fourth-order valence-corrected chi connectivity index (χ4v) is 3.97. The van der Waals surface area contributed by atoms with E-state index in [1.807, 2.05) is 44.2 Å². The molecule has 0 aliphatic rings. The number of carbonyl (C=O) groups is 1. The number of rotatable bonds is 4. The molecule has 3 heterocycles. The van der Waals surface area contributed by atoms with Crippen LogP contribution < -0.4 is 5.63 Å². The van der Waals surface area contributed by atoms with Crippen molar-refractivity contribution in [2.75, 3.05) is 0 Å². The van der Waals surface area contributed by atoms with Crippen molar-refractivity contribution in [3.8, 4) is 10.7 Å². The van der Waals surface area contributed by atoms with Crippen molar-refractivity contribution in [1.82, 2.24) is 9.97 Å². The van der Waals surface area contributed by atoms with E-state index in [0.717, 1.165) is 16.5 Å². The first-order valence-electron chi connectivity index (χ1n) is 9.03. The van der Waals surface area contributed by atoms with Crippen LogP contribution in [0.15, 0.2) is 51.8 Å². The molecule has 0 fully saturated rings. The van der Waals surface area contributed by atoms with E-state index in [4.69, 9.17) is 9.15 Å². The number of benzene rings is 1. The number of pyridine rings is 1. The molecule has 6 nitrogen and oxygen atoms in total. The second-order valence-electron chi connectivity index (χ2n) is 6.70. The highest BCUT2D eigenvalue weighted by Crippen LogP contribution is 2.28. The molecule has 0 saturated heterocycles. The Morgan fingerprint density at radius 1 is 1.17 bits per heavy atom. The first-order valence-corrected chi connectivity index (χ1v) is 9.84. The Morgan fingerprint density at radius 2 is 2.00 bits per heavy atom. The molecule has 4 rings (SSSR count). The van der Waals surface area contributed by atoms with Gasteiger partial charge in [-0.25, -0.2) is 14.6 Å². The molecule has 0 unspecified atom stereocenters. The molecule has 0 aliphatic heterocycles. The summed E-state index contributed by atoms with van der Waals surface area (Å²) in [5.74, 6) is -0.479. The van der Waals surface area contributed by atoms with Gasteiger partial charge in [0.1, 0.15) is 22.1 Å². The normalized spacial score (nSPS) is 11.0. The van der Waals surface area contributed by atoms with Gasteiger partial charge >= 0.3 is 11.6 Å². The maximum Gasteiger partial charge on any atom is 0.350 e. The van der Waals surface area contributed by atoms with Gasteiger partial charge in [0.15, 0.2) is 0 Å². The molecule has 0 atom stereocenters. The van der Waals surface area contributed by atoms with Crippen LogP contribution >= 0.6 is 11.3 Å². The average Bonchev–Trinajstić information content (AvgIpc) is 3.11. The van der Waals surface area contributed by atoms with Crippen molar-refractivity contribution in [3.05, 3.63) is 80.3 Å². The van der Waals surface area contributed by atoms with Gasteiger partial charge in [0.2, 0.25) is 0 Å². The van der Waals surface area contributed by atoms with Crippen molar-refractivity contribution in [2.24, 2.45) is 0 Å². The molecular weight excluding hydrogens is 388 g/mol. The second kappa shape index (κ2) is 7.60. The van der Waals surface area contributed by atoms with Crippen LogP contribution in [-0.4, -0.2) is 15.9 Å². The van der Waals surface area contributed by atoms with Gasteiger partial charge in [-0.05, 0) is 44.0 Å². The largest absolute Gasteiger partial charge is 0.457 e. The fraction of sp³-hybridized carbons (Fsp3) is 0.182. The van der Waals surface area contributed by atoms with Gasteiger partial charge in [0, 0.05) is 23.2 Å². The van der Waals surface area contributed by atoms with E-state index in [1.165, 1.54) is 17.4 Å². The van der Waals surface area contributed by atoms with Crippen molar-refractivity contribution in [3.63, 3.8) is 0 Å². The van der Waals surface area contributed by atoms with Crippen molar-refractivity contribution in [2.45, 2.75) is 27.4 Å². The summed E-state index contributed by atoms with van der Waals surface area (Å²) in [6.45, 7) is 5.58. The third-order valence-electron chi connectivity index (χ3n) is 4.74. The van der Waals surface area contributed by atoms with Gasteiger partial charge in [0.25, 0.3) is 0 Å². The number of fused-ring (bicyclic) bond motifs is 1. The van der Waals surface area contributed by atoms with E-state index in [1.54, 1.807) is 13.1 Å². The molecule has 4 aromatic rings. The standard InChI is InChI=1S/C22H18N2O4S/c1-12-7-8-16-15(10-18(25)28-19(16)13(12)2)11-27-22(26)20-14(3)24-21(29-20)17-6-4-5-9-23-17/h4-10H,11H2,1-3H3. The van der Waals surface area contributed by atoms with Gasteiger partial charge < -0.3 is 9.15 Å². The number of aromatic nitrogens is 2. The Kier molecular flexibility index (Phi) is 4.98. The van der Waals surface area contributed by atoms with Crippen LogP contribution in [0.1, 0.15) is 32.1 Å². The lowest BCUT2D eigenvalue weighted by Crippen LogP contribution is -2.08. The zero-order chi connectivity index (χ0) is 20.5. The zero-order valence-corrected chi connectivity index (χ0v) is 17.0. The number of hydrogen-bond acceptors (Lipinski definition) is 7. The minimum absolute atomic E-state index is 0.0281. The van der Waals surface area contributed by atoms with Crippen molar-refractivity contribution >= 4 is 28.3 Å². The maximum absolute atomic E-state index is 12.7. The van der Waals surface area contributed by atoms with Crippen molar-refractivity contribution in [1.29, 1.82) is 0 Å². The highest BCUT2D eigenvalue weighted by atomic mass is 32.1. The monoisotopic (exact) mass is 406 g/mol. The molecule has 0 amide bonds. The van der Waals surface area contributed by atoms with E-state index >= 15 is 0 Å². The molecule has 0 bridgehead atoms. The van der Waals surface area contributed by atoms with E-state index < -0.39 is 11.6 Å². The van der Waals surface area contributed by atoms with Gasteiger partial charge in [-0.15, -0.1) is 11.3 Å². The Hall–Kier alpha value is -3.32. The van der Waals surface area contributed by atoms with Gasteiger partial charge in [-0.3, -0.25) is 4.98 Å². The molecule has 0 spiro atoms. The summed E-state index contributed by atoms with van der Waals surface area (Å²) in [4.78, 5) is 33.7. The predicted octanol–water partition coefficient (Wildman–Crippen LogP) is 4.59. The molecule has 1 aromatic carbocycles. The third-order valence-corrected chi connectivity index (χ3v) is 5.90. The van der Waals surface area contributed by atoms with Crippen LogP contribution in [0.25, 0.3) is 21.7 Å². The number of thiazole rings is 1. The number of hydrogen-bond donors (Lipinski definition) is 0. The van der Waals surface area contributed by atoms with Crippen molar-refractivity contribution < 1.29 is 13.9 Å². The minimum atomic E-state index is -0.479. The summed E-state index contributed by atoms with van der Waals surface area (Å²) in [5.41, 5.74) is 3.88. The van der Waals surface area contributed by atoms with Gasteiger partial charge in [-0.2, -0.15) is 0 Å². The lowest BCUT2D eigenvalue weighted by atomic mass is 10.0. The average molecular weight is 406 g/mol. The Labute approximate surface area is 170 Å². The van der Waals surface area contributed by atoms with E-state index in [9.17, 15) is 9.59 Å². The van der Waals surface area contributed by atoms with Crippen LogP contribution in [0, 0.1) is 20.8 Å². The van der Waals surface area contributed by atoms with Crippen LogP contribution in [-0.2, 0) is 11.3 Å². The summed E-state index contributed by atoms with van der Waals surface area (Å²) in [5, 5.41) is 1.42. The van der Waals surface area contributed by atoms with Crippen LogP contribution in [0.5, 0.6) is 0 Å². The van der Waals surface area contributed by atoms with E-state index in [0.29, 0.717) is 32.4 Å². The Balaban J connectivity index is 1.60. The number of nitrogens with zero attached hydrogens (tertiary/aromatic N) is 2. The lowest BCUT2D eigenvalue weighted by molar-refractivity contribution is 0.0478. The minimum Gasteiger partial charge on any atom is -0.457 e.